The lowest BCUT2D eigenvalue weighted by atomic mass is 10.2. The number of fused-ring (bicyclic) bond motifs is 1. The highest BCUT2D eigenvalue weighted by Crippen LogP contribution is 2.22. The molecular formula is C14H15N5OS. The molecule has 108 valence electrons. The van der Waals surface area contributed by atoms with Crippen LogP contribution in [0, 0.1) is 13.8 Å². The van der Waals surface area contributed by atoms with Crippen LogP contribution in [0.1, 0.15) is 39.0 Å². The first-order chi connectivity index (χ1) is 10.0. The second kappa shape index (κ2) is 5.25. The number of rotatable bonds is 3. The number of imidazole rings is 1. The fraction of sp³-hybridized carbons (Fsp3) is 0.286. The second-order valence-corrected chi connectivity index (χ2v) is 6.23. The molecule has 6 nitrogen and oxygen atoms in total. The summed E-state index contributed by atoms with van der Waals surface area (Å²) in [4.78, 5) is 26.2. The summed E-state index contributed by atoms with van der Waals surface area (Å²) < 4.78 is 1.72. The summed E-state index contributed by atoms with van der Waals surface area (Å²) >= 11 is 1.63. The summed E-state index contributed by atoms with van der Waals surface area (Å²) in [5, 5.41) is 3.93. The van der Waals surface area contributed by atoms with Gasteiger partial charge in [0.1, 0.15) is 5.69 Å². The highest BCUT2D eigenvalue weighted by atomic mass is 32.1. The molecule has 1 N–H and O–H groups in total. The van der Waals surface area contributed by atoms with E-state index in [2.05, 4.69) is 20.3 Å². The Hall–Kier alpha value is -2.28. The Morgan fingerprint density at radius 3 is 2.86 bits per heavy atom. The first kappa shape index (κ1) is 13.7. The zero-order valence-corrected chi connectivity index (χ0v) is 12.8. The summed E-state index contributed by atoms with van der Waals surface area (Å²) in [6.07, 6.45) is 5.13. The molecule has 3 aromatic heterocycles. The molecular weight excluding hydrogens is 286 g/mol. The number of nitrogens with one attached hydrogen (secondary N) is 1. The third-order valence-electron chi connectivity index (χ3n) is 3.17. The highest BCUT2D eigenvalue weighted by molar-refractivity contribution is 7.11. The molecule has 0 radical (unpaired) electrons. The zero-order valence-electron chi connectivity index (χ0n) is 12.0. The SMILES string of the molecule is Cc1nc(C(C)NC(=O)c2cn3cccnc3n2)c(C)s1. The number of amides is 1. The van der Waals surface area contributed by atoms with Gasteiger partial charge < -0.3 is 5.32 Å². The van der Waals surface area contributed by atoms with Crippen LogP contribution in [0.15, 0.2) is 24.7 Å². The van der Waals surface area contributed by atoms with E-state index < -0.39 is 0 Å². The summed E-state index contributed by atoms with van der Waals surface area (Å²) in [5.41, 5.74) is 1.26. The van der Waals surface area contributed by atoms with E-state index in [0.29, 0.717) is 11.5 Å². The van der Waals surface area contributed by atoms with Crippen LogP contribution in [-0.2, 0) is 0 Å². The molecule has 1 atom stereocenters. The molecule has 21 heavy (non-hydrogen) atoms. The Labute approximate surface area is 125 Å². The molecule has 3 heterocycles. The predicted octanol–water partition coefficient (Wildman–Crippen LogP) is 2.29. The first-order valence-corrected chi connectivity index (χ1v) is 7.41. The van der Waals surface area contributed by atoms with E-state index in [-0.39, 0.29) is 11.9 Å². The summed E-state index contributed by atoms with van der Waals surface area (Å²) in [5.74, 6) is 0.286. The van der Waals surface area contributed by atoms with Crippen LogP contribution in [0.25, 0.3) is 5.78 Å². The van der Waals surface area contributed by atoms with Crippen molar-refractivity contribution >= 4 is 23.0 Å². The van der Waals surface area contributed by atoms with Crippen LogP contribution in [0.4, 0.5) is 0 Å². The van der Waals surface area contributed by atoms with Crippen LogP contribution in [0.3, 0.4) is 0 Å². The number of carbonyl (C=O) groups excluding carboxylic acids is 1. The van der Waals surface area contributed by atoms with Gasteiger partial charge in [0.25, 0.3) is 5.91 Å². The van der Waals surface area contributed by atoms with E-state index in [1.54, 1.807) is 34.2 Å². The minimum Gasteiger partial charge on any atom is -0.343 e. The number of thiazole rings is 1. The van der Waals surface area contributed by atoms with Crippen molar-refractivity contribution in [3.05, 3.63) is 45.9 Å². The molecule has 0 saturated heterocycles. The van der Waals surface area contributed by atoms with Crippen molar-refractivity contribution in [1.29, 1.82) is 0 Å². The molecule has 0 aliphatic rings. The van der Waals surface area contributed by atoms with Gasteiger partial charge >= 0.3 is 0 Å². The van der Waals surface area contributed by atoms with Gasteiger partial charge in [-0.05, 0) is 26.8 Å². The van der Waals surface area contributed by atoms with E-state index in [1.807, 2.05) is 27.0 Å². The van der Waals surface area contributed by atoms with Crippen molar-refractivity contribution in [2.75, 3.05) is 0 Å². The fourth-order valence-electron chi connectivity index (χ4n) is 2.23. The monoisotopic (exact) mass is 301 g/mol. The number of hydrogen-bond donors (Lipinski definition) is 1. The van der Waals surface area contributed by atoms with Gasteiger partial charge in [-0.3, -0.25) is 9.20 Å². The standard InChI is InChI=1S/C14H15N5OS/c1-8(12-9(2)21-10(3)17-12)16-13(20)11-7-19-6-4-5-15-14(19)18-11/h4-8H,1-3H3,(H,16,20). The Morgan fingerprint density at radius 2 is 2.19 bits per heavy atom. The van der Waals surface area contributed by atoms with E-state index in [9.17, 15) is 4.79 Å². The lowest BCUT2D eigenvalue weighted by molar-refractivity contribution is 0.0934. The molecule has 0 aliphatic heterocycles. The van der Waals surface area contributed by atoms with Crippen molar-refractivity contribution in [3.8, 4) is 0 Å². The molecule has 3 aromatic rings. The van der Waals surface area contributed by atoms with E-state index >= 15 is 0 Å². The average molecular weight is 301 g/mol. The van der Waals surface area contributed by atoms with Crippen molar-refractivity contribution in [2.45, 2.75) is 26.8 Å². The van der Waals surface area contributed by atoms with Crippen LogP contribution in [0.2, 0.25) is 0 Å². The van der Waals surface area contributed by atoms with Crippen LogP contribution < -0.4 is 5.32 Å². The number of nitrogens with zero attached hydrogens (tertiary/aromatic N) is 4. The minimum absolute atomic E-state index is 0.153. The van der Waals surface area contributed by atoms with Crippen molar-refractivity contribution in [1.82, 2.24) is 24.7 Å². The maximum atomic E-state index is 12.3. The maximum absolute atomic E-state index is 12.3. The minimum atomic E-state index is -0.224. The van der Waals surface area contributed by atoms with Gasteiger partial charge in [-0.15, -0.1) is 11.3 Å². The summed E-state index contributed by atoms with van der Waals surface area (Å²) in [6, 6.07) is 1.64. The Morgan fingerprint density at radius 1 is 1.38 bits per heavy atom. The van der Waals surface area contributed by atoms with Gasteiger partial charge in [0.2, 0.25) is 5.78 Å². The van der Waals surface area contributed by atoms with Crippen molar-refractivity contribution < 1.29 is 4.79 Å². The van der Waals surface area contributed by atoms with Gasteiger partial charge in [-0.25, -0.2) is 15.0 Å². The second-order valence-electron chi connectivity index (χ2n) is 4.82. The van der Waals surface area contributed by atoms with Gasteiger partial charge in [0.15, 0.2) is 0 Å². The maximum Gasteiger partial charge on any atom is 0.272 e. The molecule has 0 aromatic carbocycles. The number of carbonyl (C=O) groups is 1. The van der Waals surface area contributed by atoms with Crippen molar-refractivity contribution in [2.24, 2.45) is 0 Å². The molecule has 0 bridgehead atoms. The smallest absolute Gasteiger partial charge is 0.272 e. The fourth-order valence-corrected chi connectivity index (χ4v) is 3.14. The number of aryl methyl sites for hydroxylation is 2. The van der Waals surface area contributed by atoms with E-state index in [0.717, 1.165) is 15.6 Å². The lowest BCUT2D eigenvalue weighted by Gasteiger charge is -2.11. The molecule has 3 rings (SSSR count). The van der Waals surface area contributed by atoms with Gasteiger partial charge in [0, 0.05) is 23.5 Å². The topological polar surface area (TPSA) is 72.2 Å². The molecule has 0 aliphatic carbocycles. The Bertz CT molecular complexity index is 774. The molecule has 1 amide bonds. The molecule has 7 heteroatoms. The lowest BCUT2D eigenvalue weighted by Crippen LogP contribution is -2.27. The predicted molar refractivity (Wildman–Crippen MR) is 80.5 cm³/mol. The Balaban J connectivity index is 1.81. The summed E-state index contributed by atoms with van der Waals surface area (Å²) in [7, 11) is 0. The van der Waals surface area contributed by atoms with Gasteiger partial charge in [0.05, 0.1) is 16.7 Å². The third kappa shape index (κ3) is 2.64. The van der Waals surface area contributed by atoms with Crippen LogP contribution >= 0.6 is 11.3 Å². The van der Waals surface area contributed by atoms with Crippen LogP contribution in [-0.4, -0.2) is 25.3 Å². The van der Waals surface area contributed by atoms with Gasteiger partial charge in [-0.1, -0.05) is 0 Å². The first-order valence-electron chi connectivity index (χ1n) is 6.59. The molecule has 0 fully saturated rings. The third-order valence-corrected chi connectivity index (χ3v) is 4.07. The van der Waals surface area contributed by atoms with E-state index in [4.69, 9.17) is 0 Å². The van der Waals surface area contributed by atoms with Gasteiger partial charge in [-0.2, -0.15) is 0 Å². The largest absolute Gasteiger partial charge is 0.343 e. The number of hydrogen-bond acceptors (Lipinski definition) is 5. The molecule has 1 unspecified atom stereocenters. The van der Waals surface area contributed by atoms with Crippen molar-refractivity contribution in [3.63, 3.8) is 0 Å². The average Bonchev–Trinajstić information content (AvgIpc) is 3.01. The zero-order chi connectivity index (χ0) is 15.0. The number of aromatic nitrogens is 4. The molecule has 0 spiro atoms. The summed E-state index contributed by atoms with van der Waals surface area (Å²) in [6.45, 7) is 5.90. The quantitative estimate of drug-likeness (QED) is 0.805. The molecule has 0 saturated carbocycles. The normalized spacial score (nSPS) is 12.5. The Kier molecular flexibility index (Phi) is 3.42. The highest BCUT2D eigenvalue weighted by Gasteiger charge is 2.18. The van der Waals surface area contributed by atoms with E-state index in [1.165, 1.54) is 0 Å². The van der Waals surface area contributed by atoms with Crippen LogP contribution in [0.5, 0.6) is 0 Å².